The normalized spacial score (nSPS) is 18.2. The largest absolute Gasteiger partial charge is 0.397 e. The van der Waals surface area contributed by atoms with E-state index < -0.39 is 0 Å². The van der Waals surface area contributed by atoms with Crippen molar-refractivity contribution >= 4 is 17.3 Å². The lowest BCUT2D eigenvalue weighted by Gasteiger charge is -2.24. The average molecular weight is 289 g/mol. The highest BCUT2D eigenvalue weighted by Crippen LogP contribution is 2.30. The highest BCUT2D eigenvalue weighted by Gasteiger charge is 2.26. The van der Waals surface area contributed by atoms with Crippen molar-refractivity contribution in [2.45, 2.75) is 33.1 Å². The fourth-order valence-electron chi connectivity index (χ4n) is 2.90. The zero-order valence-electron chi connectivity index (χ0n) is 13.6. The van der Waals surface area contributed by atoms with Gasteiger partial charge in [-0.1, -0.05) is 13.8 Å². The van der Waals surface area contributed by atoms with Crippen LogP contribution in [0.5, 0.6) is 0 Å². The Hall–Kier alpha value is -1.71. The summed E-state index contributed by atoms with van der Waals surface area (Å²) in [5.41, 5.74) is 8.68. The first-order valence-corrected chi connectivity index (χ1v) is 7.66. The third kappa shape index (κ3) is 3.69. The summed E-state index contributed by atoms with van der Waals surface area (Å²) >= 11 is 0. The number of carbonyl (C=O) groups is 1. The molecule has 21 heavy (non-hydrogen) atoms. The monoisotopic (exact) mass is 289 g/mol. The predicted molar refractivity (Wildman–Crippen MR) is 88.7 cm³/mol. The lowest BCUT2D eigenvalue weighted by atomic mass is 9.85. The number of hydrogen-bond donors (Lipinski definition) is 1. The Balaban J connectivity index is 2.15. The Morgan fingerprint density at radius 3 is 2.57 bits per heavy atom. The third-order valence-electron chi connectivity index (χ3n) is 4.38. The predicted octanol–water partition coefficient (Wildman–Crippen LogP) is 2.99. The maximum Gasteiger partial charge on any atom is 0.253 e. The van der Waals surface area contributed by atoms with E-state index in [-0.39, 0.29) is 5.91 Å². The van der Waals surface area contributed by atoms with Crippen molar-refractivity contribution in [3.05, 3.63) is 23.8 Å². The molecule has 0 spiro atoms. The highest BCUT2D eigenvalue weighted by molar-refractivity contribution is 5.96. The molecule has 1 saturated heterocycles. The number of likely N-dealkylation sites (tertiary alicyclic amines) is 1. The van der Waals surface area contributed by atoms with Crippen LogP contribution in [0.1, 0.15) is 43.5 Å². The molecule has 2 rings (SSSR count). The second kappa shape index (κ2) is 5.96. The topological polar surface area (TPSA) is 49.6 Å². The van der Waals surface area contributed by atoms with Crippen LogP contribution in [-0.2, 0) is 0 Å². The van der Waals surface area contributed by atoms with E-state index in [9.17, 15) is 4.79 Å². The number of hydrogen-bond acceptors (Lipinski definition) is 3. The van der Waals surface area contributed by atoms with Gasteiger partial charge in [-0.3, -0.25) is 4.79 Å². The van der Waals surface area contributed by atoms with Crippen LogP contribution in [0, 0.1) is 5.41 Å². The van der Waals surface area contributed by atoms with Crippen molar-refractivity contribution in [3.63, 3.8) is 0 Å². The number of nitrogens with zero attached hydrogens (tertiary/aromatic N) is 2. The Kier molecular flexibility index (Phi) is 4.45. The Labute approximate surface area is 127 Å². The van der Waals surface area contributed by atoms with Crippen LogP contribution in [0.2, 0.25) is 0 Å². The maximum absolute atomic E-state index is 12.7. The standard InChI is InChI=1S/C17H27N3O/c1-17(2)8-5-10-20(11-9-17)16(21)13-6-7-15(19(3)4)14(18)12-13/h6-7,12H,5,8-11,18H2,1-4H3. The number of rotatable bonds is 2. The lowest BCUT2D eigenvalue weighted by molar-refractivity contribution is 0.0757. The van der Waals surface area contributed by atoms with E-state index in [1.165, 1.54) is 6.42 Å². The SMILES string of the molecule is CN(C)c1ccc(C(=O)N2CCCC(C)(C)CC2)cc1N. The van der Waals surface area contributed by atoms with Crippen molar-refractivity contribution in [3.8, 4) is 0 Å². The summed E-state index contributed by atoms with van der Waals surface area (Å²) < 4.78 is 0. The van der Waals surface area contributed by atoms with E-state index in [1.807, 2.05) is 36.0 Å². The number of anilines is 2. The van der Waals surface area contributed by atoms with Crippen LogP contribution in [0.25, 0.3) is 0 Å². The zero-order chi connectivity index (χ0) is 15.6. The molecule has 1 amide bonds. The van der Waals surface area contributed by atoms with E-state index in [0.717, 1.165) is 31.6 Å². The Bertz CT molecular complexity index is 523. The molecular weight excluding hydrogens is 262 g/mol. The summed E-state index contributed by atoms with van der Waals surface area (Å²) in [6, 6.07) is 5.60. The van der Waals surface area contributed by atoms with Crippen LogP contribution in [0.3, 0.4) is 0 Å². The van der Waals surface area contributed by atoms with Gasteiger partial charge in [0.15, 0.2) is 0 Å². The van der Waals surface area contributed by atoms with Gasteiger partial charge in [0.25, 0.3) is 5.91 Å². The Morgan fingerprint density at radius 2 is 1.95 bits per heavy atom. The van der Waals surface area contributed by atoms with Crippen LogP contribution >= 0.6 is 0 Å². The van der Waals surface area contributed by atoms with Gasteiger partial charge in [-0.05, 0) is 42.9 Å². The molecule has 1 heterocycles. The first-order chi connectivity index (χ1) is 9.80. The molecule has 0 bridgehead atoms. The van der Waals surface area contributed by atoms with Crippen molar-refractivity contribution < 1.29 is 4.79 Å². The average Bonchev–Trinajstić information content (AvgIpc) is 2.58. The van der Waals surface area contributed by atoms with E-state index in [0.29, 0.717) is 16.7 Å². The van der Waals surface area contributed by atoms with E-state index in [2.05, 4.69) is 13.8 Å². The minimum absolute atomic E-state index is 0.102. The molecule has 116 valence electrons. The van der Waals surface area contributed by atoms with Crippen LogP contribution < -0.4 is 10.6 Å². The third-order valence-corrected chi connectivity index (χ3v) is 4.38. The number of benzene rings is 1. The second-order valence-electron chi connectivity index (χ2n) is 6.98. The zero-order valence-corrected chi connectivity index (χ0v) is 13.6. The van der Waals surface area contributed by atoms with Gasteiger partial charge in [0.05, 0.1) is 11.4 Å². The molecule has 0 atom stereocenters. The van der Waals surface area contributed by atoms with Crippen LogP contribution in [-0.4, -0.2) is 38.0 Å². The minimum atomic E-state index is 0.102. The van der Waals surface area contributed by atoms with Gasteiger partial charge in [0.2, 0.25) is 0 Å². The fourth-order valence-corrected chi connectivity index (χ4v) is 2.90. The summed E-state index contributed by atoms with van der Waals surface area (Å²) in [7, 11) is 3.90. The number of nitrogen functional groups attached to an aromatic ring is 1. The second-order valence-corrected chi connectivity index (χ2v) is 6.98. The van der Waals surface area contributed by atoms with E-state index in [1.54, 1.807) is 6.07 Å². The molecule has 1 aliphatic heterocycles. The van der Waals surface area contributed by atoms with Crippen molar-refractivity contribution in [2.75, 3.05) is 37.8 Å². The van der Waals surface area contributed by atoms with Crippen molar-refractivity contribution in [1.82, 2.24) is 4.90 Å². The number of amides is 1. The van der Waals surface area contributed by atoms with Crippen LogP contribution in [0.15, 0.2) is 18.2 Å². The first-order valence-electron chi connectivity index (χ1n) is 7.66. The van der Waals surface area contributed by atoms with E-state index >= 15 is 0 Å². The summed E-state index contributed by atoms with van der Waals surface area (Å²) in [5.74, 6) is 0.102. The molecule has 4 heteroatoms. The lowest BCUT2D eigenvalue weighted by Crippen LogP contribution is -2.32. The summed E-state index contributed by atoms with van der Waals surface area (Å²) in [4.78, 5) is 16.6. The number of carbonyl (C=O) groups excluding carboxylic acids is 1. The summed E-state index contributed by atoms with van der Waals surface area (Å²) in [5, 5.41) is 0. The van der Waals surface area contributed by atoms with Gasteiger partial charge in [-0.25, -0.2) is 0 Å². The maximum atomic E-state index is 12.7. The highest BCUT2D eigenvalue weighted by atomic mass is 16.2. The Morgan fingerprint density at radius 1 is 1.24 bits per heavy atom. The van der Waals surface area contributed by atoms with Crippen molar-refractivity contribution in [1.29, 1.82) is 0 Å². The van der Waals surface area contributed by atoms with Gasteiger partial charge >= 0.3 is 0 Å². The molecule has 0 aliphatic carbocycles. The van der Waals surface area contributed by atoms with Gasteiger partial charge in [0.1, 0.15) is 0 Å². The summed E-state index contributed by atoms with van der Waals surface area (Å²) in [6.45, 7) is 6.24. The van der Waals surface area contributed by atoms with Gasteiger partial charge < -0.3 is 15.5 Å². The van der Waals surface area contributed by atoms with Crippen molar-refractivity contribution in [2.24, 2.45) is 5.41 Å². The quantitative estimate of drug-likeness (QED) is 0.852. The molecule has 1 aromatic carbocycles. The molecule has 0 unspecified atom stereocenters. The van der Waals surface area contributed by atoms with Gasteiger partial charge in [-0.2, -0.15) is 0 Å². The van der Waals surface area contributed by atoms with Gasteiger partial charge in [0, 0.05) is 32.7 Å². The molecule has 0 saturated carbocycles. The molecule has 1 aromatic rings. The minimum Gasteiger partial charge on any atom is -0.397 e. The van der Waals surface area contributed by atoms with Crippen LogP contribution in [0.4, 0.5) is 11.4 Å². The summed E-state index contributed by atoms with van der Waals surface area (Å²) in [6.07, 6.45) is 3.31. The fraction of sp³-hybridized carbons (Fsp3) is 0.588. The molecule has 0 aromatic heterocycles. The molecule has 1 aliphatic rings. The number of nitrogens with two attached hydrogens (primary N) is 1. The smallest absolute Gasteiger partial charge is 0.253 e. The molecule has 2 N–H and O–H groups in total. The van der Waals surface area contributed by atoms with E-state index in [4.69, 9.17) is 5.73 Å². The van der Waals surface area contributed by atoms with Gasteiger partial charge in [-0.15, -0.1) is 0 Å². The molecule has 1 fully saturated rings. The first kappa shape index (κ1) is 15.7. The molecular formula is C17H27N3O. The molecule has 4 nitrogen and oxygen atoms in total. The molecule has 0 radical (unpaired) electrons.